The molecule has 0 amide bonds. The van der Waals surface area contributed by atoms with Crippen LogP contribution in [-0.2, 0) is 0 Å². The quantitative estimate of drug-likeness (QED) is 0.754. The van der Waals surface area contributed by atoms with Crippen molar-refractivity contribution in [2.75, 3.05) is 19.6 Å². The van der Waals surface area contributed by atoms with E-state index in [4.69, 9.17) is 11.6 Å². The van der Waals surface area contributed by atoms with Crippen molar-refractivity contribution >= 4 is 17.4 Å². The number of Topliss-reactive ketones (excluding diaryl/α,β-unsaturated/α-hetero) is 1. The van der Waals surface area contributed by atoms with Crippen molar-refractivity contribution in [2.24, 2.45) is 5.92 Å². The average Bonchev–Trinajstić information content (AvgIpc) is 2.65. The molecule has 16 heavy (non-hydrogen) atoms. The Bertz CT molecular complexity index is 374. The van der Waals surface area contributed by atoms with Gasteiger partial charge in [-0.25, -0.2) is 0 Å². The number of hydrogen-bond acceptors (Lipinski definition) is 2. The molecule has 0 N–H and O–H groups in total. The van der Waals surface area contributed by atoms with E-state index in [0.717, 1.165) is 24.6 Å². The lowest BCUT2D eigenvalue weighted by Crippen LogP contribution is -2.27. The molecule has 0 bridgehead atoms. The normalized spacial score (nSPS) is 21.2. The molecule has 3 heteroatoms. The lowest BCUT2D eigenvalue weighted by atomic mass is 10.1. The van der Waals surface area contributed by atoms with Crippen LogP contribution in [-0.4, -0.2) is 30.3 Å². The highest BCUT2D eigenvalue weighted by Crippen LogP contribution is 2.16. The van der Waals surface area contributed by atoms with Gasteiger partial charge in [0.2, 0.25) is 0 Å². The number of ketones is 1. The molecule has 0 spiro atoms. The van der Waals surface area contributed by atoms with E-state index in [2.05, 4.69) is 11.8 Å². The Balaban J connectivity index is 1.95. The van der Waals surface area contributed by atoms with Gasteiger partial charge >= 0.3 is 0 Å². The number of likely N-dealkylation sites (tertiary alicyclic amines) is 1. The van der Waals surface area contributed by atoms with Crippen LogP contribution in [0.3, 0.4) is 0 Å². The highest BCUT2D eigenvalue weighted by atomic mass is 35.5. The summed E-state index contributed by atoms with van der Waals surface area (Å²) in [5.74, 6) is 0.906. The van der Waals surface area contributed by atoms with Gasteiger partial charge < -0.3 is 0 Å². The van der Waals surface area contributed by atoms with Gasteiger partial charge in [0.25, 0.3) is 0 Å². The summed E-state index contributed by atoms with van der Waals surface area (Å²) in [6.07, 6.45) is 1.20. The van der Waals surface area contributed by atoms with E-state index in [1.807, 2.05) is 0 Å². The van der Waals surface area contributed by atoms with Gasteiger partial charge in [0.05, 0.1) is 6.54 Å². The third-order valence-corrected chi connectivity index (χ3v) is 3.29. The molecule has 2 rings (SSSR count). The van der Waals surface area contributed by atoms with Gasteiger partial charge in [-0.15, -0.1) is 0 Å². The SMILES string of the molecule is CC1CCN(CC(=O)c2ccc(Cl)cc2)C1. The molecule has 0 saturated carbocycles. The van der Waals surface area contributed by atoms with Gasteiger partial charge in [-0.2, -0.15) is 0 Å². The van der Waals surface area contributed by atoms with Crippen LogP contribution < -0.4 is 0 Å². The lowest BCUT2D eigenvalue weighted by Gasteiger charge is -2.13. The Morgan fingerprint density at radius 3 is 2.69 bits per heavy atom. The molecule has 0 aliphatic carbocycles. The molecule has 1 unspecified atom stereocenters. The van der Waals surface area contributed by atoms with Crippen molar-refractivity contribution in [2.45, 2.75) is 13.3 Å². The van der Waals surface area contributed by atoms with Crippen molar-refractivity contribution in [1.29, 1.82) is 0 Å². The summed E-state index contributed by atoms with van der Waals surface area (Å²) in [5, 5.41) is 0.673. The monoisotopic (exact) mass is 237 g/mol. The topological polar surface area (TPSA) is 20.3 Å². The second-order valence-electron chi connectivity index (χ2n) is 4.56. The van der Waals surface area contributed by atoms with Gasteiger partial charge in [0.15, 0.2) is 5.78 Å². The van der Waals surface area contributed by atoms with Crippen LogP contribution >= 0.6 is 11.6 Å². The van der Waals surface area contributed by atoms with Crippen LogP contribution in [0.5, 0.6) is 0 Å². The fourth-order valence-electron chi connectivity index (χ4n) is 2.10. The molecule has 1 fully saturated rings. The van der Waals surface area contributed by atoms with E-state index in [9.17, 15) is 4.79 Å². The number of halogens is 1. The number of nitrogens with zero attached hydrogens (tertiary/aromatic N) is 1. The molecule has 1 aromatic carbocycles. The van der Waals surface area contributed by atoms with E-state index >= 15 is 0 Å². The largest absolute Gasteiger partial charge is 0.296 e. The summed E-state index contributed by atoms with van der Waals surface area (Å²) in [7, 11) is 0. The molecule has 1 saturated heterocycles. The molecule has 1 aromatic rings. The average molecular weight is 238 g/mol. The zero-order chi connectivity index (χ0) is 11.5. The molecular weight excluding hydrogens is 222 g/mol. The first kappa shape index (κ1) is 11.6. The van der Waals surface area contributed by atoms with E-state index in [-0.39, 0.29) is 5.78 Å². The summed E-state index contributed by atoms with van der Waals surface area (Å²) < 4.78 is 0. The van der Waals surface area contributed by atoms with Crippen LogP contribution in [0.1, 0.15) is 23.7 Å². The van der Waals surface area contributed by atoms with E-state index < -0.39 is 0 Å². The number of benzene rings is 1. The standard InChI is InChI=1S/C13H16ClNO/c1-10-6-7-15(8-10)9-13(16)11-2-4-12(14)5-3-11/h2-5,10H,6-9H2,1H3. The van der Waals surface area contributed by atoms with Crippen LogP contribution in [0.4, 0.5) is 0 Å². The minimum atomic E-state index is 0.186. The molecular formula is C13H16ClNO. The van der Waals surface area contributed by atoms with Crippen LogP contribution in [0.2, 0.25) is 5.02 Å². The molecule has 0 radical (unpaired) electrons. The summed E-state index contributed by atoms with van der Waals surface area (Å²) in [6, 6.07) is 7.12. The van der Waals surface area contributed by atoms with Crippen molar-refractivity contribution in [3.05, 3.63) is 34.9 Å². The molecule has 1 heterocycles. The van der Waals surface area contributed by atoms with Gasteiger partial charge in [-0.05, 0) is 43.1 Å². The van der Waals surface area contributed by atoms with Gasteiger partial charge in [-0.3, -0.25) is 9.69 Å². The van der Waals surface area contributed by atoms with Crippen molar-refractivity contribution in [1.82, 2.24) is 4.90 Å². The van der Waals surface area contributed by atoms with E-state index in [0.29, 0.717) is 11.6 Å². The summed E-state index contributed by atoms with van der Waals surface area (Å²) in [4.78, 5) is 14.2. The Hall–Kier alpha value is -0.860. The summed E-state index contributed by atoms with van der Waals surface area (Å²) in [5.41, 5.74) is 0.754. The minimum absolute atomic E-state index is 0.186. The maximum Gasteiger partial charge on any atom is 0.176 e. The van der Waals surface area contributed by atoms with E-state index in [1.165, 1.54) is 6.42 Å². The number of carbonyl (C=O) groups excluding carboxylic acids is 1. The third kappa shape index (κ3) is 2.83. The molecule has 1 aliphatic rings. The second-order valence-corrected chi connectivity index (χ2v) is 5.00. The number of rotatable bonds is 3. The maximum atomic E-state index is 11.9. The summed E-state index contributed by atoms with van der Waals surface area (Å²) in [6.45, 7) is 4.85. The first-order valence-corrected chi connectivity index (χ1v) is 6.04. The number of carbonyl (C=O) groups is 1. The van der Waals surface area contributed by atoms with Gasteiger partial charge in [-0.1, -0.05) is 18.5 Å². The van der Waals surface area contributed by atoms with Crippen LogP contribution in [0.15, 0.2) is 24.3 Å². The fourth-order valence-corrected chi connectivity index (χ4v) is 2.23. The lowest BCUT2D eigenvalue weighted by molar-refractivity contribution is 0.0944. The predicted molar refractivity (Wildman–Crippen MR) is 66.0 cm³/mol. The smallest absolute Gasteiger partial charge is 0.176 e. The maximum absolute atomic E-state index is 11.9. The van der Waals surface area contributed by atoms with Crippen molar-refractivity contribution in [3.8, 4) is 0 Å². The molecule has 0 aromatic heterocycles. The third-order valence-electron chi connectivity index (χ3n) is 3.04. The van der Waals surface area contributed by atoms with Gasteiger partial charge in [0.1, 0.15) is 0 Å². The molecule has 86 valence electrons. The van der Waals surface area contributed by atoms with E-state index in [1.54, 1.807) is 24.3 Å². The Labute approximate surface area is 101 Å². The highest BCUT2D eigenvalue weighted by Gasteiger charge is 2.20. The molecule has 2 nitrogen and oxygen atoms in total. The summed E-state index contributed by atoms with van der Waals surface area (Å²) >= 11 is 5.78. The molecule has 1 atom stereocenters. The van der Waals surface area contributed by atoms with Crippen molar-refractivity contribution < 1.29 is 4.79 Å². The fraction of sp³-hybridized carbons (Fsp3) is 0.462. The number of hydrogen-bond donors (Lipinski definition) is 0. The zero-order valence-corrected chi connectivity index (χ0v) is 10.2. The second kappa shape index (κ2) is 4.98. The predicted octanol–water partition coefficient (Wildman–Crippen LogP) is 2.86. The molecule has 1 aliphatic heterocycles. The Kier molecular flexibility index (Phi) is 3.62. The first-order valence-electron chi connectivity index (χ1n) is 5.66. The Morgan fingerprint density at radius 2 is 2.12 bits per heavy atom. The Morgan fingerprint density at radius 1 is 1.44 bits per heavy atom. The van der Waals surface area contributed by atoms with Gasteiger partial charge in [0, 0.05) is 17.1 Å². The van der Waals surface area contributed by atoms with Crippen LogP contribution in [0.25, 0.3) is 0 Å². The van der Waals surface area contributed by atoms with Crippen molar-refractivity contribution in [3.63, 3.8) is 0 Å². The van der Waals surface area contributed by atoms with Crippen LogP contribution in [0, 0.1) is 5.92 Å². The highest BCUT2D eigenvalue weighted by molar-refractivity contribution is 6.30. The minimum Gasteiger partial charge on any atom is -0.296 e. The zero-order valence-electron chi connectivity index (χ0n) is 9.45. The first-order chi connectivity index (χ1) is 7.65.